The fraction of sp³-hybridized carbons (Fsp3) is 0.786. The lowest BCUT2D eigenvalue weighted by Gasteiger charge is -2.55. The molecule has 108 valence electrons. The van der Waals surface area contributed by atoms with E-state index in [-0.39, 0.29) is 12.0 Å². The summed E-state index contributed by atoms with van der Waals surface area (Å²) in [6, 6.07) is 1.61. The summed E-state index contributed by atoms with van der Waals surface area (Å²) in [5.74, 6) is 0.402. The summed E-state index contributed by atoms with van der Waals surface area (Å²) in [7, 11) is 1.84. The van der Waals surface area contributed by atoms with Crippen LogP contribution in [0.5, 0.6) is 0 Å². The van der Waals surface area contributed by atoms with Gasteiger partial charge in [0.15, 0.2) is 0 Å². The summed E-state index contributed by atoms with van der Waals surface area (Å²) in [5.41, 5.74) is 11.5. The standard InChI is InChI=1S/C14H26N4O/c1-9(2)14(16)11(15)7-10(3)8-13(14,19)12-5-6-18(4)17-12/h5-6,9-11,19H,7-8,15-16H2,1-4H3. The van der Waals surface area contributed by atoms with Crippen molar-refractivity contribution in [3.63, 3.8) is 0 Å². The monoisotopic (exact) mass is 266 g/mol. The second-order valence-electron chi connectivity index (χ2n) is 6.47. The highest BCUT2D eigenvalue weighted by molar-refractivity contribution is 5.25. The molecule has 0 saturated heterocycles. The minimum atomic E-state index is -1.17. The molecular formula is C14H26N4O. The van der Waals surface area contributed by atoms with Gasteiger partial charge < -0.3 is 16.6 Å². The molecule has 0 amide bonds. The van der Waals surface area contributed by atoms with E-state index in [0.29, 0.717) is 18.0 Å². The predicted molar refractivity (Wildman–Crippen MR) is 75.2 cm³/mol. The van der Waals surface area contributed by atoms with Crippen molar-refractivity contribution in [3.05, 3.63) is 18.0 Å². The smallest absolute Gasteiger partial charge is 0.128 e. The molecule has 1 saturated carbocycles. The lowest BCUT2D eigenvalue weighted by atomic mass is 9.58. The third-order valence-corrected chi connectivity index (χ3v) is 4.72. The highest BCUT2D eigenvalue weighted by Gasteiger charge is 2.58. The molecule has 1 aromatic heterocycles. The van der Waals surface area contributed by atoms with Gasteiger partial charge in [-0.05, 0) is 30.7 Å². The Morgan fingerprint density at radius 2 is 2.16 bits per heavy atom. The average Bonchev–Trinajstić information content (AvgIpc) is 2.72. The Labute approximate surface area is 115 Å². The van der Waals surface area contributed by atoms with Gasteiger partial charge in [0.05, 0.1) is 11.2 Å². The number of aromatic nitrogens is 2. The van der Waals surface area contributed by atoms with E-state index >= 15 is 0 Å². The number of rotatable bonds is 2. The van der Waals surface area contributed by atoms with Crippen LogP contribution in [-0.4, -0.2) is 26.5 Å². The molecule has 1 heterocycles. The fourth-order valence-electron chi connectivity index (χ4n) is 3.57. The van der Waals surface area contributed by atoms with Crippen molar-refractivity contribution >= 4 is 0 Å². The molecule has 0 radical (unpaired) electrons. The average molecular weight is 266 g/mol. The van der Waals surface area contributed by atoms with Crippen LogP contribution in [0.4, 0.5) is 0 Å². The number of hydrogen-bond acceptors (Lipinski definition) is 4. The van der Waals surface area contributed by atoms with Gasteiger partial charge in [-0.3, -0.25) is 4.68 Å². The van der Waals surface area contributed by atoms with Crippen molar-refractivity contribution < 1.29 is 5.11 Å². The molecule has 0 spiro atoms. The molecule has 1 aliphatic carbocycles. The second-order valence-corrected chi connectivity index (χ2v) is 6.47. The van der Waals surface area contributed by atoms with E-state index in [2.05, 4.69) is 12.0 Å². The maximum absolute atomic E-state index is 11.3. The SMILES string of the molecule is CC1CC(N)C(N)(C(C)C)C(O)(c2ccn(C)n2)C1. The lowest BCUT2D eigenvalue weighted by molar-refractivity contribution is -0.117. The largest absolute Gasteiger partial charge is 0.381 e. The van der Waals surface area contributed by atoms with Crippen LogP contribution in [0.25, 0.3) is 0 Å². The quantitative estimate of drug-likeness (QED) is 0.735. The Kier molecular flexibility index (Phi) is 3.49. The zero-order valence-corrected chi connectivity index (χ0v) is 12.3. The minimum Gasteiger partial charge on any atom is -0.381 e. The van der Waals surface area contributed by atoms with Crippen molar-refractivity contribution in [1.82, 2.24) is 9.78 Å². The summed E-state index contributed by atoms with van der Waals surface area (Å²) in [6.45, 7) is 6.14. The van der Waals surface area contributed by atoms with Crippen LogP contribution < -0.4 is 11.5 Å². The maximum atomic E-state index is 11.3. The molecule has 4 unspecified atom stereocenters. The van der Waals surface area contributed by atoms with E-state index < -0.39 is 11.1 Å². The number of aryl methyl sites for hydroxylation is 1. The van der Waals surface area contributed by atoms with E-state index in [1.54, 1.807) is 4.68 Å². The summed E-state index contributed by atoms with van der Waals surface area (Å²) in [6.07, 6.45) is 3.27. The first-order valence-corrected chi connectivity index (χ1v) is 6.98. The van der Waals surface area contributed by atoms with E-state index in [9.17, 15) is 5.11 Å². The van der Waals surface area contributed by atoms with Gasteiger partial charge in [-0.2, -0.15) is 5.10 Å². The molecule has 0 aliphatic heterocycles. The second kappa shape index (κ2) is 4.58. The van der Waals surface area contributed by atoms with Crippen LogP contribution in [0.2, 0.25) is 0 Å². The number of nitrogens with two attached hydrogens (primary N) is 2. The van der Waals surface area contributed by atoms with E-state index in [0.717, 1.165) is 6.42 Å². The Bertz CT molecular complexity index is 458. The first kappa shape index (κ1) is 14.5. The normalized spacial score (nSPS) is 39.8. The molecule has 5 nitrogen and oxygen atoms in total. The van der Waals surface area contributed by atoms with Gasteiger partial charge in [-0.1, -0.05) is 20.8 Å². The summed E-state index contributed by atoms with van der Waals surface area (Å²) < 4.78 is 1.69. The minimum absolute atomic E-state index is 0.0713. The van der Waals surface area contributed by atoms with Gasteiger partial charge in [0.2, 0.25) is 0 Å². The predicted octanol–water partition coefficient (Wildman–Crippen LogP) is 0.718. The third-order valence-electron chi connectivity index (χ3n) is 4.72. The molecule has 1 aromatic rings. The Hall–Kier alpha value is -0.910. The van der Waals surface area contributed by atoms with Crippen LogP contribution in [0, 0.1) is 11.8 Å². The van der Waals surface area contributed by atoms with Gasteiger partial charge in [0.1, 0.15) is 5.60 Å². The molecular weight excluding hydrogens is 240 g/mol. The molecule has 1 aliphatic rings. The molecule has 0 bridgehead atoms. The molecule has 5 N–H and O–H groups in total. The van der Waals surface area contributed by atoms with Gasteiger partial charge in [0.25, 0.3) is 0 Å². The summed E-state index contributed by atoms with van der Waals surface area (Å²) in [5, 5.41) is 15.7. The molecule has 5 heteroatoms. The van der Waals surface area contributed by atoms with E-state index in [1.165, 1.54) is 0 Å². The van der Waals surface area contributed by atoms with Crippen LogP contribution in [0.3, 0.4) is 0 Å². The Morgan fingerprint density at radius 1 is 1.53 bits per heavy atom. The highest BCUT2D eigenvalue weighted by atomic mass is 16.3. The zero-order chi connectivity index (χ0) is 14.4. The van der Waals surface area contributed by atoms with Crippen molar-refractivity contribution in [2.45, 2.75) is 50.8 Å². The lowest BCUT2D eigenvalue weighted by Crippen LogP contribution is -2.73. The molecule has 4 atom stereocenters. The highest BCUT2D eigenvalue weighted by Crippen LogP contribution is 2.47. The van der Waals surface area contributed by atoms with Crippen molar-refractivity contribution in [2.75, 3.05) is 0 Å². The first-order valence-electron chi connectivity index (χ1n) is 6.98. The topological polar surface area (TPSA) is 90.1 Å². The Morgan fingerprint density at radius 3 is 2.63 bits per heavy atom. The van der Waals surface area contributed by atoms with Gasteiger partial charge in [0, 0.05) is 19.3 Å². The summed E-state index contributed by atoms with van der Waals surface area (Å²) in [4.78, 5) is 0. The maximum Gasteiger partial charge on any atom is 0.128 e. The van der Waals surface area contributed by atoms with Crippen molar-refractivity contribution in [3.8, 4) is 0 Å². The molecule has 0 aromatic carbocycles. The van der Waals surface area contributed by atoms with Crippen LogP contribution in [-0.2, 0) is 12.6 Å². The van der Waals surface area contributed by atoms with E-state index in [4.69, 9.17) is 11.5 Å². The van der Waals surface area contributed by atoms with Gasteiger partial charge in [-0.25, -0.2) is 0 Å². The first-order chi connectivity index (χ1) is 8.71. The molecule has 1 fully saturated rings. The number of hydrogen-bond donors (Lipinski definition) is 3. The molecule has 19 heavy (non-hydrogen) atoms. The van der Waals surface area contributed by atoms with E-state index in [1.807, 2.05) is 33.2 Å². The third kappa shape index (κ3) is 2.00. The molecule has 2 rings (SSSR count). The van der Waals surface area contributed by atoms with Crippen molar-refractivity contribution in [1.29, 1.82) is 0 Å². The number of nitrogens with zero attached hydrogens (tertiary/aromatic N) is 2. The van der Waals surface area contributed by atoms with Crippen LogP contribution in [0.15, 0.2) is 12.3 Å². The fourth-order valence-corrected chi connectivity index (χ4v) is 3.57. The van der Waals surface area contributed by atoms with Crippen LogP contribution in [0.1, 0.15) is 39.3 Å². The number of aliphatic hydroxyl groups is 1. The van der Waals surface area contributed by atoms with Crippen LogP contribution >= 0.6 is 0 Å². The van der Waals surface area contributed by atoms with Gasteiger partial charge in [-0.15, -0.1) is 0 Å². The summed E-state index contributed by atoms with van der Waals surface area (Å²) >= 11 is 0. The van der Waals surface area contributed by atoms with Crippen molar-refractivity contribution in [2.24, 2.45) is 30.4 Å². The Balaban J connectivity index is 2.54. The van der Waals surface area contributed by atoms with Gasteiger partial charge >= 0.3 is 0 Å². The zero-order valence-electron chi connectivity index (χ0n) is 12.3.